The van der Waals surface area contributed by atoms with Gasteiger partial charge < -0.3 is 4.74 Å². The molecular weight excluding hydrogens is 208 g/mol. The van der Waals surface area contributed by atoms with Crippen LogP contribution in [0.5, 0.6) is 5.75 Å². The maximum absolute atomic E-state index is 5.80. The van der Waals surface area contributed by atoms with Crippen molar-refractivity contribution >= 4 is 0 Å². The van der Waals surface area contributed by atoms with Crippen LogP contribution in [0.15, 0.2) is 54.6 Å². The molecule has 1 heteroatoms. The quantitative estimate of drug-likeness (QED) is 0.767. The van der Waals surface area contributed by atoms with Crippen LogP contribution in [-0.2, 0) is 6.42 Å². The van der Waals surface area contributed by atoms with E-state index in [4.69, 9.17) is 4.74 Å². The van der Waals surface area contributed by atoms with Crippen molar-refractivity contribution in [3.63, 3.8) is 0 Å². The van der Waals surface area contributed by atoms with Gasteiger partial charge >= 0.3 is 0 Å². The van der Waals surface area contributed by atoms with E-state index in [0.29, 0.717) is 6.10 Å². The lowest BCUT2D eigenvalue weighted by Crippen LogP contribution is -1.96. The minimum Gasteiger partial charge on any atom is -0.490 e. The first-order valence-corrected chi connectivity index (χ1v) is 6.20. The molecule has 0 N–H and O–H groups in total. The molecule has 1 aliphatic carbocycles. The molecular formula is C16H16O. The molecule has 17 heavy (non-hydrogen) atoms. The number of rotatable bonds is 4. The van der Waals surface area contributed by atoms with E-state index < -0.39 is 0 Å². The largest absolute Gasteiger partial charge is 0.490 e. The maximum atomic E-state index is 5.80. The van der Waals surface area contributed by atoms with Gasteiger partial charge in [-0.3, -0.25) is 0 Å². The second-order valence-corrected chi connectivity index (χ2v) is 4.63. The molecule has 0 heterocycles. The lowest BCUT2D eigenvalue weighted by Gasteiger charge is -2.07. The van der Waals surface area contributed by atoms with Gasteiger partial charge in [-0.05, 0) is 42.5 Å². The minimum atomic E-state index is 0.474. The lowest BCUT2D eigenvalue weighted by atomic mass is 10.1. The molecule has 2 aromatic rings. The summed E-state index contributed by atoms with van der Waals surface area (Å²) in [4.78, 5) is 0. The molecule has 1 saturated carbocycles. The Balaban J connectivity index is 1.73. The van der Waals surface area contributed by atoms with Crippen molar-refractivity contribution in [2.45, 2.75) is 25.4 Å². The van der Waals surface area contributed by atoms with Crippen molar-refractivity contribution < 1.29 is 4.74 Å². The van der Waals surface area contributed by atoms with E-state index in [1.54, 1.807) is 0 Å². The molecule has 1 aliphatic rings. The molecule has 1 fully saturated rings. The summed E-state index contributed by atoms with van der Waals surface area (Å²) >= 11 is 0. The van der Waals surface area contributed by atoms with Gasteiger partial charge in [-0.15, -0.1) is 0 Å². The molecule has 0 spiro atoms. The van der Waals surface area contributed by atoms with Crippen LogP contribution in [-0.4, -0.2) is 6.10 Å². The van der Waals surface area contributed by atoms with Crippen LogP contribution in [0.3, 0.4) is 0 Å². The average molecular weight is 224 g/mol. The third-order valence-corrected chi connectivity index (χ3v) is 2.98. The molecule has 0 aliphatic heterocycles. The molecule has 0 radical (unpaired) electrons. The first kappa shape index (κ1) is 10.4. The fourth-order valence-electron chi connectivity index (χ4n) is 1.94. The van der Waals surface area contributed by atoms with Gasteiger partial charge in [-0.25, -0.2) is 0 Å². The Bertz CT molecular complexity index is 486. The van der Waals surface area contributed by atoms with E-state index in [1.807, 2.05) is 6.07 Å². The Kier molecular flexibility index (Phi) is 2.83. The van der Waals surface area contributed by atoms with Gasteiger partial charge in [0.2, 0.25) is 0 Å². The van der Waals surface area contributed by atoms with Crippen molar-refractivity contribution in [1.29, 1.82) is 0 Å². The van der Waals surface area contributed by atoms with E-state index >= 15 is 0 Å². The Morgan fingerprint density at radius 3 is 2.41 bits per heavy atom. The van der Waals surface area contributed by atoms with Crippen molar-refractivity contribution in [2.75, 3.05) is 0 Å². The molecule has 0 unspecified atom stereocenters. The van der Waals surface area contributed by atoms with Gasteiger partial charge in [-0.1, -0.05) is 42.5 Å². The topological polar surface area (TPSA) is 9.23 Å². The Labute approximate surface area is 102 Å². The summed E-state index contributed by atoms with van der Waals surface area (Å²) in [6.07, 6.45) is 3.87. The summed E-state index contributed by atoms with van der Waals surface area (Å²) in [5.74, 6) is 1.01. The summed E-state index contributed by atoms with van der Waals surface area (Å²) in [5, 5.41) is 0. The summed E-state index contributed by atoms with van der Waals surface area (Å²) in [6.45, 7) is 0. The number of hydrogen-bond acceptors (Lipinski definition) is 1. The highest BCUT2D eigenvalue weighted by atomic mass is 16.5. The average Bonchev–Trinajstić information content (AvgIpc) is 3.15. The molecule has 0 amide bonds. The van der Waals surface area contributed by atoms with E-state index in [1.165, 1.54) is 24.0 Å². The summed E-state index contributed by atoms with van der Waals surface area (Å²) in [5.41, 5.74) is 2.66. The molecule has 1 nitrogen and oxygen atoms in total. The zero-order valence-corrected chi connectivity index (χ0v) is 9.80. The standard InChI is InChI=1S/C16H16O/c1-2-5-13(6-3-1)11-14-7-4-8-16(12-14)17-15-9-10-15/h1-8,12,15H,9-11H2. The van der Waals surface area contributed by atoms with Crippen molar-refractivity contribution in [2.24, 2.45) is 0 Å². The zero-order chi connectivity index (χ0) is 11.5. The Hall–Kier alpha value is -1.76. The van der Waals surface area contributed by atoms with Crippen LogP contribution in [0, 0.1) is 0 Å². The van der Waals surface area contributed by atoms with Gasteiger partial charge in [0, 0.05) is 0 Å². The van der Waals surface area contributed by atoms with Crippen LogP contribution in [0.4, 0.5) is 0 Å². The van der Waals surface area contributed by atoms with Crippen molar-refractivity contribution in [1.82, 2.24) is 0 Å². The normalized spacial score (nSPS) is 14.6. The zero-order valence-electron chi connectivity index (χ0n) is 9.80. The van der Waals surface area contributed by atoms with Crippen LogP contribution in [0.25, 0.3) is 0 Å². The van der Waals surface area contributed by atoms with Gasteiger partial charge in [0.15, 0.2) is 0 Å². The van der Waals surface area contributed by atoms with E-state index in [9.17, 15) is 0 Å². The Morgan fingerprint density at radius 2 is 1.65 bits per heavy atom. The third kappa shape index (κ3) is 2.88. The third-order valence-electron chi connectivity index (χ3n) is 2.98. The van der Waals surface area contributed by atoms with Crippen LogP contribution in [0.2, 0.25) is 0 Å². The first-order valence-electron chi connectivity index (χ1n) is 6.20. The van der Waals surface area contributed by atoms with Gasteiger partial charge in [-0.2, -0.15) is 0 Å². The smallest absolute Gasteiger partial charge is 0.120 e. The highest BCUT2D eigenvalue weighted by Gasteiger charge is 2.23. The number of hydrogen-bond donors (Lipinski definition) is 0. The second kappa shape index (κ2) is 4.62. The van der Waals surface area contributed by atoms with Crippen molar-refractivity contribution in [3.05, 3.63) is 65.7 Å². The Morgan fingerprint density at radius 1 is 0.882 bits per heavy atom. The van der Waals surface area contributed by atoms with E-state index in [-0.39, 0.29) is 0 Å². The fraction of sp³-hybridized carbons (Fsp3) is 0.250. The molecule has 2 aromatic carbocycles. The summed E-state index contributed by atoms with van der Waals surface area (Å²) < 4.78 is 5.80. The highest BCUT2D eigenvalue weighted by molar-refractivity contribution is 5.33. The van der Waals surface area contributed by atoms with Crippen LogP contribution >= 0.6 is 0 Å². The van der Waals surface area contributed by atoms with Gasteiger partial charge in [0.05, 0.1) is 6.10 Å². The monoisotopic (exact) mass is 224 g/mol. The predicted octanol–water partition coefficient (Wildman–Crippen LogP) is 3.82. The maximum Gasteiger partial charge on any atom is 0.120 e. The van der Waals surface area contributed by atoms with Crippen LogP contribution in [0.1, 0.15) is 24.0 Å². The molecule has 86 valence electrons. The van der Waals surface area contributed by atoms with Gasteiger partial charge in [0.25, 0.3) is 0 Å². The van der Waals surface area contributed by atoms with E-state index in [0.717, 1.165) is 12.2 Å². The summed E-state index contributed by atoms with van der Waals surface area (Å²) in [7, 11) is 0. The molecule has 0 saturated heterocycles. The number of ether oxygens (including phenoxy) is 1. The molecule has 0 bridgehead atoms. The highest BCUT2D eigenvalue weighted by Crippen LogP contribution is 2.27. The summed E-state index contributed by atoms with van der Waals surface area (Å²) in [6, 6.07) is 19.0. The SMILES string of the molecule is c1ccc(Cc2cccc(OC3CC3)c2)cc1. The number of benzene rings is 2. The van der Waals surface area contributed by atoms with Crippen LogP contribution < -0.4 is 4.74 Å². The minimum absolute atomic E-state index is 0.474. The predicted molar refractivity (Wildman–Crippen MR) is 69.3 cm³/mol. The molecule has 3 rings (SSSR count). The van der Waals surface area contributed by atoms with Crippen molar-refractivity contribution in [3.8, 4) is 5.75 Å². The first-order chi connectivity index (χ1) is 8.40. The molecule has 0 aromatic heterocycles. The lowest BCUT2D eigenvalue weighted by molar-refractivity contribution is 0.303. The fourth-order valence-corrected chi connectivity index (χ4v) is 1.94. The van der Waals surface area contributed by atoms with Gasteiger partial charge in [0.1, 0.15) is 5.75 Å². The molecule has 0 atom stereocenters. The van der Waals surface area contributed by atoms with E-state index in [2.05, 4.69) is 48.5 Å². The second-order valence-electron chi connectivity index (χ2n) is 4.63.